The van der Waals surface area contributed by atoms with Crippen molar-refractivity contribution in [3.05, 3.63) is 17.5 Å². The lowest BCUT2D eigenvalue weighted by Crippen LogP contribution is -2.44. The van der Waals surface area contributed by atoms with Gasteiger partial charge in [-0.25, -0.2) is 8.42 Å². The fourth-order valence-electron chi connectivity index (χ4n) is 1.45. The number of hydrogen-bond acceptors (Lipinski definition) is 4. The minimum absolute atomic E-state index is 0.0831. The van der Waals surface area contributed by atoms with Crippen LogP contribution in [0.3, 0.4) is 0 Å². The van der Waals surface area contributed by atoms with Crippen LogP contribution in [0.1, 0.15) is 12.8 Å². The van der Waals surface area contributed by atoms with E-state index in [1.54, 1.807) is 17.5 Å². The normalized spacial score (nSPS) is 28.4. The molecule has 1 saturated carbocycles. The molecule has 0 amide bonds. The molecule has 0 aliphatic heterocycles. The Morgan fingerprint density at radius 2 is 2.15 bits per heavy atom. The molecule has 72 valence electrons. The first-order chi connectivity index (χ1) is 6.10. The van der Waals surface area contributed by atoms with Crippen LogP contribution in [0.25, 0.3) is 0 Å². The van der Waals surface area contributed by atoms with Crippen LogP contribution in [-0.4, -0.2) is 19.7 Å². The quantitative estimate of drug-likeness (QED) is 0.804. The summed E-state index contributed by atoms with van der Waals surface area (Å²) in [5.74, 6) is 0. The van der Waals surface area contributed by atoms with Gasteiger partial charge in [-0.3, -0.25) is 0 Å². The highest BCUT2D eigenvalue weighted by atomic mass is 32.2. The Kier molecular flexibility index (Phi) is 2.17. The van der Waals surface area contributed by atoms with Crippen LogP contribution in [0.2, 0.25) is 0 Å². The molecule has 0 spiro atoms. The summed E-state index contributed by atoms with van der Waals surface area (Å²) in [5, 5.41) is 1.55. The lowest BCUT2D eigenvalue weighted by atomic mass is 9.94. The molecule has 0 unspecified atom stereocenters. The summed E-state index contributed by atoms with van der Waals surface area (Å²) >= 11 is 1.28. The Labute approximate surface area is 81.5 Å². The van der Waals surface area contributed by atoms with Gasteiger partial charge in [0.05, 0.1) is 5.25 Å². The van der Waals surface area contributed by atoms with Crippen LogP contribution >= 0.6 is 11.3 Å². The van der Waals surface area contributed by atoms with Gasteiger partial charge in [0.1, 0.15) is 4.21 Å². The maximum Gasteiger partial charge on any atom is 0.190 e. The van der Waals surface area contributed by atoms with E-state index in [-0.39, 0.29) is 11.3 Å². The second kappa shape index (κ2) is 3.08. The summed E-state index contributed by atoms with van der Waals surface area (Å²) in [4.78, 5) is 0. The van der Waals surface area contributed by atoms with Crippen molar-refractivity contribution in [1.82, 2.24) is 0 Å². The van der Waals surface area contributed by atoms with Gasteiger partial charge in [-0.05, 0) is 24.3 Å². The van der Waals surface area contributed by atoms with Crippen molar-refractivity contribution in [1.29, 1.82) is 0 Å². The number of sulfone groups is 1. The fraction of sp³-hybridized carbons (Fsp3) is 0.500. The monoisotopic (exact) mass is 217 g/mol. The summed E-state index contributed by atoms with van der Waals surface area (Å²) in [5.41, 5.74) is 5.56. The van der Waals surface area contributed by atoms with Gasteiger partial charge in [-0.1, -0.05) is 6.07 Å². The maximum atomic E-state index is 11.8. The largest absolute Gasteiger partial charge is 0.328 e. The molecule has 1 aromatic rings. The van der Waals surface area contributed by atoms with Crippen LogP contribution in [0.5, 0.6) is 0 Å². The molecule has 2 rings (SSSR count). The van der Waals surface area contributed by atoms with E-state index in [0.717, 1.165) is 0 Å². The van der Waals surface area contributed by atoms with Crippen LogP contribution in [0, 0.1) is 0 Å². The Morgan fingerprint density at radius 1 is 1.46 bits per heavy atom. The van der Waals surface area contributed by atoms with Crippen molar-refractivity contribution in [2.75, 3.05) is 0 Å². The highest BCUT2D eigenvalue weighted by Gasteiger charge is 2.38. The number of rotatable bonds is 2. The van der Waals surface area contributed by atoms with Crippen LogP contribution < -0.4 is 5.73 Å². The minimum Gasteiger partial charge on any atom is -0.328 e. The van der Waals surface area contributed by atoms with Crippen LogP contribution in [0.4, 0.5) is 0 Å². The third-order valence-corrected chi connectivity index (χ3v) is 5.95. The Balaban J connectivity index is 2.23. The topological polar surface area (TPSA) is 60.2 Å². The van der Waals surface area contributed by atoms with Gasteiger partial charge in [0.25, 0.3) is 0 Å². The van der Waals surface area contributed by atoms with E-state index in [1.165, 1.54) is 11.3 Å². The van der Waals surface area contributed by atoms with E-state index in [4.69, 9.17) is 5.73 Å². The molecule has 3 nitrogen and oxygen atoms in total. The summed E-state index contributed by atoms with van der Waals surface area (Å²) in [6.45, 7) is 0. The van der Waals surface area contributed by atoms with Gasteiger partial charge in [-0.15, -0.1) is 11.3 Å². The van der Waals surface area contributed by atoms with E-state index in [9.17, 15) is 8.42 Å². The van der Waals surface area contributed by atoms with Crippen molar-refractivity contribution >= 4 is 21.2 Å². The molecule has 0 saturated heterocycles. The molecule has 1 aliphatic rings. The van der Waals surface area contributed by atoms with Gasteiger partial charge >= 0.3 is 0 Å². The van der Waals surface area contributed by atoms with E-state index in [2.05, 4.69) is 0 Å². The predicted octanol–water partition coefficient (Wildman–Crippen LogP) is 1.01. The third-order valence-electron chi connectivity index (χ3n) is 2.35. The van der Waals surface area contributed by atoms with Crippen molar-refractivity contribution < 1.29 is 8.42 Å². The molecule has 1 heterocycles. The first-order valence-corrected chi connectivity index (χ1v) is 6.56. The zero-order valence-corrected chi connectivity index (χ0v) is 8.64. The number of thiophene rings is 1. The zero-order valence-electron chi connectivity index (χ0n) is 7.01. The smallest absolute Gasteiger partial charge is 0.190 e. The Morgan fingerprint density at radius 3 is 2.62 bits per heavy atom. The standard InChI is InChI=1S/C8H11NO2S2/c9-6-4-7(5-6)13(10,11)8-2-1-3-12-8/h1-3,6-7H,4-5,9H2. The highest BCUT2D eigenvalue weighted by Crippen LogP contribution is 2.32. The first kappa shape index (κ1) is 9.18. The lowest BCUT2D eigenvalue weighted by molar-refractivity contribution is 0.409. The zero-order chi connectivity index (χ0) is 9.47. The van der Waals surface area contributed by atoms with E-state index >= 15 is 0 Å². The molecule has 13 heavy (non-hydrogen) atoms. The first-order valence-electron chi connectivity index (χ1n) is 4.13. The summed E-state index contributed by atoms with van der Waals surface area (Å²) < 4.78 is 24.0. The number of nitrogens with two attached hydrogens (primary N) is 1. The van der Waals surface area contributed by atoms with Gasteiger partial charge in [0.2, 0.25) is 0 Å². The molecule has 1 aliphatic carbocycles. The van der Waals surface area contributed by atoms with Crippen LogP contribution in [0.15, 0.2) is 21.7 Å². The summed E-state index contributed by atoms with van der Waals surface area (Å²) in [7, 11) is -3.05. The van der Waals surface area contributed by atoms with E-state index < -0.39 is 9.84 Å². The third kappa shape index (κ3) is 1.51. The molecule has 0 bridgehead atoms. The Bertz CT molecular complexity index is 376. The minimum atomic E-state index is -3.05. The van der Waals surface area contributed by atoms with Crippen molar-refractivity contribution in [3.8, 4) is 0 Å². The highest BCUT2D eigenvalue weighted by molar-refractivity contribution is 7.94. The van der Waals surface area contributed by atoms with E-state index in [0.29, 0.717) is 17.1 Å². The average molecular weight is 217 g/mol. The van der Waals surface area contributed by atoms with Gasteiger partial charge in [0, 0.05) is 6.04 Å². The van der Waals surface area contributed by atoms with E-state index in [1.807, 2.05) is 0 Å². The molecule has 1 aromatic heterocycles. The molecule has 1 fully saturated rings. The molecular formula is C8H11NO2S2. The van der Waals surface area contributed by atoms with Crippen molar-refractivity contribution in [2.24, 2.45) is 5.73 Å². The molecule has 2 N–H and O–H groups in total. The van der Waals surface area contributed by atoms with Gasteiger partial charge < -0.3 is 5.73 Å². The summed E-state index contributed by atoms with van der Waals surface area (Å²) in [6, 6.07) is 3.50. The van der Waals surface area contributed by atoms with Crippen molar-refractivity contribution in [3.63, 3.8) is 0 Å². The predicted molar refractivity (Wildman–Crippen MR) is 52.5 cm³/mol. The fourth-order valence-corrected chi connectivity index (χ4v) is 4.61. The van der Waals surface area contributed by atoms with Gasteiger partial charge in [-0.2, -0.15) is 0 Å². The second-order valence-corrected chi connectivity index (χ2v) is 6.73. The average Bonchev–Trinajstić information content (AvgIpc) is 2.50. The molecule has 0 aromatic carbocycles. The second-order valence-electron chi connectivity index (χ2n) is 3.33. The molecule has 5 heteroatoms. The molecular weight excluding hydrogens is 206 g/mol. The maximum absolute atomic E-state index is 11.8. The van der Waals surface area contributed by atoms with Gasteiger partial charge in [0.15, 0.2) is 9.84 Å². The van der Waals surface area contributed by atoms with Crippen molar-refractivity contribution in [2.45, 2.75) is 28.3 Å². The molecule has 0 atom stereocenters. The number of hydrogen-bond donors (Lipinski definition) is 1. The Hall–Kier alpha value is -0.390. The lowest BCUT2D eigenvalue weighted by Gasteiger charge is -2.31. The molecule has 0 radical (unpaired) electrons. The summed E-state index contributed by atoms with van der Waals surface area (Å²) in [6.07, 6.45) is 1.22. The van der Waals surface area contributed by atoms with Crippen LogP contribution in [-0.2, 0) is 9.84 Å². The SMILES string of the molecule is NC1CC(S(=O)(=O)c2cccs2)C1.